The van der Waals surface area contributed by atoms with Crippen LogP contribution < -0.4 is 0 Å². The Labute approximate surface area is 100 Å². The molecule has 0 aromatic heterocycles. The zero-order chi connectivity index (χ0) is 12.6. The van der Waals surface area contributed by atoms with Gasteiger partial charge in [0.1, 0.15) is 5.82 Å². The van der Waals surface area contributed by atoms with E-state index in [1.807, 2.05) is 6.92 Å². The topological polar surface area (TPSA) is 37.3 Å². The highest BCUT2D eigenvalue weighted by Gasteiger charge is 2.44. The van der Waals surface area contributed by atoms with Crippen molar-refractivity contribution >= 4 is 5.97 Å². The quantitative estimate of drug-likeness (QED) is 0.855. The average molecular weight is 236 g/mol. The largest absolute Gasteiger partial charge is 0.481 e. The van der Waals surface area contributed by atoms with Crippen molar-refractivity contribution in [1.29, 1.82) is 0 Å². The SMILES string of the molecule is Cc1cc(C)c(C2(C(=O)O)CCCC2)cc1F. The summed E-state index contributed by atoms with van der Waals surface area (Å²) in [4.78, 5) is 11.5. The molecule has 2 nitrogen and oxygen atoms in total. The van der Waals surface area contributed by atoms with Gasteiger partial charge in [0.2, 0.25) is 0 Å². The van der Waals surface area contributed by atoms with Crippen LogP contribution in [0.2, 0.25) is 0 Å². The van der Waals surface area contributed by atoms with Gasteiger partial charge in [0.25, 0.3) is 0 Å². The lowest BCUT2D eigenvalue weighted by Gasteiger charge is -2.26. The second-order valence-corrected chi connectivity index (χ2v) is 5.01. The molecule has 0 unspecified atom stereocenters. The summed E-state index contributed by atoms with van der Waals surface area (Å²) in [6.07, 6.45) is 3.04. The first-order valence-corrected chi connectivity index (χ1v) is 5.98. The first kappa shape index (κ1) is 12.1. The molecule has 1 saturated carbocycles. The summed E-state index contributed by atoms with van der Waals surface area (Å²) in [7, 11) is 0. The van der Waals surface area contributed by atoms with Gasteiger partial charge in [0, 0.05) is 0 Å². The summed E-state index contributed by atoms with van der Waals surface area (Å²) in [6, 6.07) is 3.16. The van der Waals surface area contributed by atoms with Crippen LogP contribution in [0.15, 0.2) is 12.1 Å². The van der Waals surface area contributed by atoms with Gasteiger partial charge in [-0.3, -0.25) is 4.79 Å². The molecule has 0 bridgehead atoms. The number of carbonyl (C=O) groups is 1. The van der Waals surface area contributed by atoms with E-state index in [9.17, 15) is 14.3 Å². The molecule has 3 heteroatoms. The number of carboxylic acid groups (broad SMARTS) is 1. The zero-order valence-corrected chi connectivity index (χ0v) is 10.2. The van der Waals surface area contributed by atoms with E-state index < -0.39 is 11.4 Å². The number of rotatable bonds is 2. The van der Waals surface area contributed by atoms with Crippen LogP contribution in [-0.2, 0) is 10.2 Å². The minimum Gasteiger partial charge on any atom is -0.481 e. The highest BCUT2D eigenvalue weighted by atomic mass is 19.1. The fourth-order valence-electron chi connectivity index (χ4n) is 2.92. The molecular formula is C14H17FO2. The molecular weight excluding hydrogens is 219 g/mol. The zero-order valence-electron chi connectivity index (χ0n) is 10.2. The second kappa shape index (κ2) is 4.13. The van der Waals surface area contributed by atoms with Gasteiger partial charge < -0.3 is 5.11 Å². The molecule has 1 fully saturated rings. The maximum Gasteiger partial charge on any atom is 0.314 e. The van der Waals surface area contributed by atoms with E-state index >= 15 is 0 Å². The minimum atomic E-state index is -0.862. The predicted molar refractivity (Wildman–Crippen MR) is 63.7 cm³/mol. The lowest BCUT2D eigenvalue weighted by atomic mass is 9.76. The molecule has 0 spiro atoms. The van der Waals surface area contributed by atoms with Crippen molar-refractivity contribution in [3.05, 3.63) is 34.6 Å². The Balaban J connectivity index is 2.58. The van der Waals surface area contributed by atoms with E-state index in [1.54, 1.807) is 13.0 Å². The van der Waals surface area contributed by atoms with Crippen LogP contribution in [0.1, 0.15) is 42.4 Å². The Morgan fingerprint density at radius 1 is 1.24 bits per heavy atom. The van der Waals surface area contributed by atoms with Gasteiger partial charge in [-0.05, 0) is 49.4 Å². The molecule has 1 aliphatic rings. The molecule has 1 N–H and O–H groups in total. The lowest BCUT2D eigenvalue weighted by Crippen LogP contribution is -2.33. The summed E-state index contributed by atoms with van der Waals surface area (Å²) in [6.45, 7) is 3.57. The molecule has 0 aliphatic heterocycles. The third kappa shape index (κ3) is 1.84. The maximum absolute atomic E-state index is 13.7. The van der Waals surface area contributed by atoms with Crippen molar-refractivity contribution in [3.63, 3.8) is 0 Å². The fourth-order valence-corrected chi connectivity index (χ4v) is 2.92. The van der Waals surface area contributed by atoms with E-state index in [1.165, 1.54) is 6.07 Å². The van der Waals surface area contributed by atoms with Crippen LogP contribution >= 0.6 is 0 Å². The summed E-state index contributed by atoms with van der Waals surface area (Å²) >= 11 is 0. The molecule has 1 aromatic rings. The minimum absolute atomic E-state index is 0.307. The number of hydrogen-bond donors (Lipinski definition) is 1. The van der Waals surface area contributed by atoms with Crippen LogP contribution in [0.3, 0.4) is 0 Å². The van der Waals surface area contributed by atoms with Gasteiger partial charge in [-0.15, -0.1) is 0 Å². The number of carboxylic acids is 1. The Kier molecular flexibility index (Phi) is 2.94. The van der Waals surface area contributed by atoms with Gasteiger partial charge >= 0.3 is 5.97 Å². The van der Waals surface area contributed by atoms with Crippen molar-refractivity contribution in [2.75, 3.05) is 0 Å². The summed E-state index contributed by atoms with van der Waals surface area (Å²) < 4.78 is 13.7. The van der Waals surface area contributed by atoms with Gasteiger partial charge in [-0.2, -0.15) is 0 Å². The Morgan fingerprint density at radius 2 is 1.82 bits per heavy atom. The van der Waals surface area contributed by atoms with E-state index in [4.69, 9.17) is 0 Å². The molecule has 0 atom stereocenters. The number of hydrogen-bond acceptors (Lipinski definition) is 1. The normalized spacial score (nSPS) is 18.3. The van der Waals surface area contributed by atoms with Crippen molar-refractivity contribution in [2.45, 2.75) is 44.9 Å². The van der Waals surface area contributed by atoms with Crippen LogP contribution in [0.4, 0.5) is 4.39 Å². The highest BCUT2D eigenvalue weighted by Crippen LogP contribution is 2.43. The Hall–Kier alpha value is -1.38. The predicted octanol–water partition coefficient (Wildman–Crippen LogP) is 3.34. The van der Waals surface area contributed by atoms with Crippen molar-refractivity contribution in [1.82, 2.24) is 0 Å². The second-order valence-electron chi connectivity index (χ2n) is 5.01. The van der Waals surface area contributed by atoms with Crippen LogP contribution in [0.25, 0.3) is 0 Å². The Morgan fingerprint density at radius 3 is 2.35 bits per heavy atom. The van der Waals surface area contributed by atoms with Gasteiger partial charge in [0.15, 0.2) is 0 Å². The molecule has 2 rings (SSSR count). The smallest absolute Gasteiger partial charge is 0.314 e. The first-order chi connectivity index (χ1) is 7.97. The van der Waals surface area contributed by atoms with Crippen LogP contribution in [0.5, 0.6) is 0 Å². The number of aryl methyl sites for hydroxylation is 2. The van der Waals surface area contributed by atoms with E-state index in [2.05, 4.69) is 0 Å². The maximum atomic E-state index is 13.7. The highest BCUT2D eigenvalue weighted by molar-refractivity contribution is 5.82. The molecule has 0 saturated heterocycles. The third-order valence-electron chi connectivity index (χ3n) is 3.89. The molecule has 17 heavy (non-hydrogen) atoms. The van der Waals surface area contributed by atoms with Gasteiger partial charge in [0.05, 0.1) is 5.41 Å². The number of benzene rings is 1. The Bertz CT molecular complexity index is 460. The third-order valence-corrected chi connectivity index (χ3v) is 3.89. The van der Waals surface area contributed by atoms with E-state index in [0.717, 1.165) is 18.4 Å². The summed E-state index contributed by atoms with van der Waals surface area (Å²) in [5.74, 6) is -1.13. The summed E-state index contributed by atoms with van der Waals surface area (Å²) in [5.41, 5.74) is 1.25. The molecule has 0 heterocycles. The molecule has 0 amide bonds. The number of aliphatic carboxylic acids is 1. The molecule has 92 valence electrons. The average Bonchev–Trinajstić information content (AvgIpc) is 2.73. The van der Waals surface area contributed by atoms with E-state index in [-0.39, 0.29) is 5.82 Å². The molecule has 0 radical (unpaired) electrons. The summed E-state index contributed by atoms with van der Waals surface area (Å²) in [5, 5.41) is 9.48. The lowest BCUT2D eigenvalue weighted by molar-refractivity contribution is -0.143. The van der Waals surface area contributed by atoms with Gasteiger partial charge in [-0.25, -0.2) is 4.39 Å². The number of halogens is 1. The molecule has 1 aromatic carbocycles. The van der Waals surface area contributed by atoms with Crippen LogP contribution in [0, 0.1) is 19.7 Å². The van der Waals surface area contributed by atoms with Crippen LogP contribution in [-0.4, -0.2) is 11.1 Å². The first-order valence-electron chi connectivity index (χ1n) is 5.98. The monoisotopic (exact) mass is 236 g/mol. The van der Waals surface area contributed by atoms with Crippen molar-refractivity contribution < 1.29 is 14.3 Å². The standard InChI is InChI=1S/C14H17FO2/c1-9-7-10(2)12(15)8-11(9)14(13(16)17)5-3-4-6-14/h7-8H,3-6H2,1-2H3,(H,16,17). The van der Waals surface area contributed by atoms with Crippen molar-refractivity contribution in [2.24, 2.45) is 0 Å². The van der Waals surface area contributed by atoms with Gasteiger partial charge in [-0.1, -0.05) is 18.9 Å². The van der Waals surface area contributed by atoms with Crippen molar-refractivity contribution in [3.8, 4) is 0 Å². The molecule has 1 aliphatic carbocycles. The van der Waals surface area contributed by atoms with E-state index in [0.29, 0.717) is 24.0 Å². The fraction of sp³-hybridized carbons (Fsp3) is 0.500.